The molecule has 1 N–H and O–H groups in total. The molecule has 4 nitrogen and oxygen atoms in total. The first kappa shape index (κ1) is 25.3. The number of benzene rings is 3. The number of halogens is 2. The van der Waals surface area contributed by atoms with Crippen molar-refractivity contribution < 1.29 is 23.4 Å². The van der Waals surface area contributed by atoms with Crippen molar-refractivity contribution in [3.8, 4) is 17.2 Å². The van der Waals surface area contributed by atoms with Crippen LogP contribution in [-0.2, 0) is 6.42 Å². The Hall–Kier alpha value is -3.38. The summed E-state index contributed by atoms with van der Waals surface area (Å²) >= 11 is 0. The summed E-state index contributed by atoms with van der Waals surface area (Å²) in [6.45, 7) is 2.24. The van der Waals surface area contributed by atoms with Gasteiger partial charge in [-0.25, -0.2) is 4.39 Å². The summed E-state index contributed by atoms with van der Waals surface area (Å²) in [5, 5.41) is 10.2. The maximum atomic E-state index is 14.0. The van der Waals surface area contributed by atoms with Crippen LogP contribution in [0.15, 0.2) is 60.7 Å². The second kappa shape index (κ2) is 11.3. The molecule has 0 saturated carbocycles. The fourth-order valence-corrected chi connectivity index (χ4v) is 5.56. The van der Waals surface area contributed by atoms with Gasteiger partial charge in [0.25, 0.3) is 0 Å². The lowest BCUT2D eigenvalue weighted by atomic mass is 9.87. The second-order valence-corrected chi connectivity index (χ2v) is 9.79. The molecule has 1 heterocycles. The number of phenolic OH excluding ortho intramolecular Hbond substituents is 1. The van der Waals surface area contributed by atoms with Crippen LogP contribution in [0.4, 0.5) is 8.78 Å². The summed E-state index contributed by atoms with van der Waals surface area (Å²) in [5.74, 6) is 1.23. The Bertz CT molecular complexity index is 1270. The van der Waals surface area contributed by atoms with Crippen molar-refractivity contribution in [1.82, 2.24) is 4.90 Å². The van der Waals surface area contributed by atoms with Gasteiger partial charge in [-0.3, -0.25) is 9.29 Å². The number of allylic oxidation sites excluding steroid dienone is 1. The van der Waals surface area contributed by atoms with Crippen LogP contribution in [0.5, 0.6) is 17.2 Å². The fraction of sp³-hybridized carbons (Fsp3) is 0.355. The third-order valence-corrected chi connectivity index (χ3v) is 7.30. The van der Waals surface area contributed by atoms with Crippen molar-refractivity contribution in [2.75, 3.05) is 33.4 Å². The van der Waals surface area contributed by atoms with Crippen LogP contribution in [0.2, 0.25) is 0 Å². The molecule has 1 fully saturated rings. The minimum absolute atomic E-state index is 0.102. The van der Waals surface area contributed by atoms with Crippen LogP contribution in [0.25, 0.3) is 11.1 Å². The van der Waals surface area contributed by atoms with Gasteiger partial charge in [-0.05, 0) is 96.3 Å². The highest BCUT2D eigenvalue weighted by Gasteiger charge is 2.25. The summed E-state index contributed by atoms with van der Waals surface area (Å²) < 4.78 is 38.4. The molecule has 6 heteroatoms. The number of fused-ring (bicyclic) bond motifs is 1. The Morgan fingerprint density at radius 3 is 2.59 bits per heavy atom. The predicted molar refractivity (Wildman–Crippen MR) is 142 cm³/mol. The molecule has 5 rings (SSSR count). The van der Waals surface area contributed by atoms with Crippen LogP contribution in [0.3, 0.4) is 0 Å². The van der Waals surface area contributed by atoms with E-state index in [1.165, 1.54) is 12.1 Å². The fourth-order valence-electron chi connectivity index (χ4n) is 5.56. The van der Waals surface area contributed by atoms with Gasteiger partial charge in [-0.15, -0.1) is 0 Å². The van der Waals surface area contributed by atoms with Crippen LogP contribution in [0.1, 0.15) is 47.9 Å². The molecule has 1 unspecified atom stereocenters. The number of nitrogens with zero attached hydrogens (tertiary/aromatic N) is 1. The quantitative estimate of drug-likeness (QED) is 0.372. The summed E-state index contributed by atoms with van der Waals surface area (Å²) in [6, 6.07) is 18.4. The summed E-state index contributed by atoms with van der Waals surface area (Å²) in [4.78, 5) is 2.25. The Balaban J connectivity index is 1.50. The van der Waals surface area contributed by atoms with Gasteiger partial charge in [0.05, 0.1) is 13.8 Å². The Morgan fingerprint density at radius 2 is 1.81 bits per heavy atom. The highest BCUT2D eigenvalue weighted by molar-refractivity contribution is 6.01. The van der Waals surface area contributed by atoms with Gasteiger partial charge in [0.15, 0.2) is 0 Å². The predicted octanol–water partition coefficient (Wildman–Crippen LogP) is 6.65. The molecule has 0 bridgehead atoms. The minimum atomic E-state index is -0.335. The summed E-state index contributed by atoms with van der Waals surface area (Å²) in [5.41, 5.74) is 6.20. The van der Waals surface area contributed by atoms with Gasteiger partial charge in [0.2, 0.25) is 0 Å². The van der Waals surface area contributed by atoms with Crippen molar-refractivity contribution >= 4 is 11.1 Å². The van der Waals surface area contributed by atoms with Gasteiger partial charge in [-0.2, -0.15) is 0 Å². The lowest BCUT2D eigenvalue weighted by Gasteiger charge is -2.19. The number of alkyl halides is 1. The average Bonchev–Trinajstić information content (AvgIpc) is 3.27. The molecule has 1 atom stereocenters. The van der Waals surface area contributed by atoms with E-state index < -0.39 is 0 Å². The zero-order chi connectivity index (χ0) is 25.8. The topological polar surface area (TPSA) is 41.9 Å². The van der Waals surface area contributed by atoms with E-state index in [1.54, 1.807) is 19.2 Å². The van der Waals surface area contributed by atoms with Crippen molar-refractivity contribution in [2.45, 2.75) is 38.2 Å². The number of hydrogen-bond donors (Lipinski definition) is 1. The highest BCUT2D eigenvalue weighted by Crippen LogP contribution is 2.43. The number of likely N-dealkylation sites (tertiary alicyclic amines) is 1. The van der Waals surface area contributed by atoms with Crippen molar-refractivity contribution in [2.24, 2.45) is 0 Å². The van der Waals surface area contributed by atoms with Gasteiger partial charge >= 0.3 is 0 Å². The SMILES string of the molecule is COc1cc(F)ccc1C1=C(c2ccc(OC3CCN(CCCF)C3)cc2)c2ccc(O)cc2CCC1. The maximum Gasteiger partial charge on any atom is 0.129 e. The minimum Gasteiger partial charge on any atom is -0.508 e. The number of aryl methyl sites for hydroxylation is 1. The van der Waals surface area contributed by atoms with E-state index in [-0.39, 0.29) is 24.3 Å². The standard InChI is InChI=1S/C31H33F2NO3/c1-36-30-19-23(33)8-12-28(30)29-5-2-4-22-18-24(35)9-13-27(22)31(29)21-6-10-25(11-7-21)37-26-14-17-34(20-26)16-3-15-32/h6-13,18-19,26,35H,2-5,14-17,20H2,1H3. The zero-order valence-electron chi connectivity index (χ0n) is 21.2. The highest BCUT2D eigenvalue weighted by atomic mass is 19.1. The number of ether oxygens (including phenoxy) is 2. The second-order valence-electron chi connectivity index (χ2n) is 9.79. The number of hydrogen-bond acceptors (Lipinski definition) is 4. The van der Waals surface area contributed by atoms with Crippen LogP contribution < -0.4 is 9.47 Å². The first-order valence-corrected chi connectivity index (χ1v) is 13.0. The smallest absolute Gasteiger partial charge is 0.129 e. The van der Waals surface area contributed by atoms with Gasteiger partial charge < -0.3 is 14.6 Å². The number of aromatic hydroxyl groups is 1. The molecule has 1 saturated heterocycles. The molecule has 0 radical (unpaired) electrons. The van der Waals surface area contributed by atoms with Crippen LogP contribution in [-0.4, -0.2) is 49.5 Å². The molecule has 3 aromatic carbocycles. The van der Waals surface area contributed by atoms with Gasteiger partial charge in [-0.1, -0.05) is 18.2 Å². The first-order valence-electron chi connectivity index (χ1n) is 13.0. The normalized spacial score (nSPS) is 18.0. The zero-order valence-corrected chi connectivity index (χ0v) is 21.2. The molecule has 2 aliphatic rings. The molecule has 0 aromatic heterocycles. The van der Waals surface area contributed by atoms with E-state index in [9.17, 15) is 13.9 Å². The van der Waals surface area contributed by atoms with Crippen LogP contribution >= 0.6 is 0 Å². The van der Waals surface area contributed by atoms with Crippen molar-refractivity contribution in [1.29, 1.82) is 0 Å². The van der Waals surface area contributed by atoms with E-state index in [0.717, 1.165) is 84.5 Å². The van der Waals surface area contributed by atoms with E-state index in [0.29, 0.717) is 12.2 Å². The molecular weight excluding hydrogens is 472 g/mol. The lowest BCUT2D eigenvalue weighted by Crippen LogP contribution is -2.26. The molecule has 1 aliphatic heterocycles. The van der Waals surface area contributed by atoms with Crippen molar-refractivity contribution in [3.63, 3.8) is 0 Å². The first-order chi connectivity index (χ1) is 18.1. The largest absolute Gasteiger partial charge is 0.508 e. The van der Waals surface area contributed by atoms with Crippen LogP contribution in [0, 0.1) is 5.82 Å². The van der Waals surface area contributed by atoms with Gasteiger partial charge in [0.1, 0.15) is 29.2 Å². The monoisotopic (exact) mass is 505 g/mol. The van der Waals surface area contributed by atoms with Crippen molar-refractivity contribution in [3.05, 3.63) is 88.7 Å². The molecule has 0 amide bonds. The molecule has 37 heavy (non-hydrogen) atoms. The molecule has 3 aromatic rings. The summed E-state index contributed by atoms with van der Waals surface area (Å²) in [6.07, 6.45) is 4.13. The Morgan fingerprint density at radius 1 is 1.00 bits per heavy atom. The third kappa shape index (κ3) is 5.64. The molecule has 0 spiro atoms. The van der Waals surface area contributed by atoms with E-state index in [1.807, 2.05) is 24.3 Å². The average molecular weight is 506 g/mol. The van der Waals surface area contributed by atoms with E-state index in [2.05, 4.69) is 17.0 Å². The van der Waals surface area contributed by atoms with E-state index >= 15 is 0 Å². The summed E-state index contributed by atoms with van der Waals surface area (Å²) in [7, 11) is 1.56. The number of phenols is 1. The number of rotatable bonds is 8. The van der Waals surface area contributed by atoms with Gasteiger partial charge in [0, 0.05) is 31.3 Å². The Kier molecular flexibility index (Phi) is 7.75. The Labute approximate surface area is 217 Å². The maximum absolute atomic E-state index is 14.0. The molecule has 194 valence electrons. The third-order valence-electron chi connectivity index (χ3n) is 7.30. The van der Waals surface area contributed by atoms with E-state index in [4.69, 9.17) is 9.47 Å². The lowest BCUT2D eigenvalue weighted by molar-refractivity contribution is 0.198. The molecule has 1 aliphatic carbocycles. The molecular formula is C31H33F2NO3. The number of methoxy groups -OCH3 is 1.